The van der Waals surface area contributed by atoms with Gasteiger partial charge in [0.2, 0.25) is 11.7 Å². The van der Waals surface area contributed by atoms with Crippen molar-refractivity contribution in [2.75, 3.05) is 6.54 Å². The van der Waals surface area contributed by atoms with Crippen LogP contribution in [-0.2, 0) is 4.74 Å². The molecule has 0 saturated carbocycles. The summed E-state index contributed by atoms with van der Waals surface area (Å²) in [7, 11) is 0. The Bertz CT molecular complexity index is 641. The second-order valence-electron chi connectivity index (χ2n) is 5.46. The van der Waals surface area contributed by atoms with Gasteiger partial charge in [-0.1, -0.05) is 11.2 Å². The van der Waals surface area contributed by atoms with Crippen LogP contribution in [0, 0.1) is 0 Å². The largest absolute Gasteiger partial charge is 0.447 e. The van der Waals surface area contributed by atoms with Crippen LogP contribution in [0.1, 0.15) is 38.6 Å². The first kappa shape index (κ1) is 14.5. The van der Waals surface area contributed by atoms with Gasteiger partial charge in [-0.05, 0) is 38.8 Å². The van der Waals surface area contributed by atoms with Crippen molar-refractivity contribution in [3.8, 4) is 11.5 Å². The average molecular weight is 302 g/mol. The van der Waals surface area contributed by atoms with Crippen LogP contribution in [0.4, 0.5) is 4.79 Å². The van der Waals surface area contributed by atoms with Crippen molar-refractivity contribution in [3.05, 3.63) is 30.3 Å². The molecule has 0 bridgehead atoms. The minimum atomic E-state index is -0.338. The molecule has 0 N–H and O–H groups in total. The number of hydrogen-bond acceptors (Lipinski definition) is 6. The minimum Gasteiger partial charge on any atom is -0.447 e. The van der Waals surface area contributed by atoms with E-state index >= 15 is 0 Å². The maximum Gasteiger partial charge on any atom is 0.410 e. The number of rotatable bonds is 3. The lowest BCUT2D eigenvalue weighted by Gasteiger charge is -2.22. The van der Waals surface area contributed by atoms with Crippen molar-refractivity contribution < 1.29 is 14.1 Å². The highest BCUT2D eigenvalue weighted by Crippen LogP contribution is 2.32. The second kappa shape index (κ2) is 6.13. The highest BCUT2D eigenvalue weighted by Gasteiger charge is 2.35. The fourth-order valence-electron chi connectivity index (χ4n) is 2.48. The molecular weight excluding hydrogens is 284 g/mol. The van der Waals surface area contributed by atoms with Gasteiger partial charge in [-0.2, -0.15) is 4.98 Å². The van der Waals surface area contributed by atoms with E-state index in [1.807, 2.05) is 32.0 Å². The number of nitrogens with zero attached hydrogens (tertiary/aromatic N) is 4. The molecule has 7 nitrogen and oxygen atoms in total. The highest BCUT2D eigenvalue weighted by molar-refractivity contribution is 5.68. The number of likely N-dealkylation sites (tertiary alicyclic amines) is 1. The molecule has 3 rings (SSSR count). The van der Waals surface area contributed by atoms with E-state index in [-0.39, 0.29) is 18.2 Å². The summed E-state index contributed by atoms with van der Waals surface area (Å²) in [6.07, 6.45) is 2.86. The van der Waals surface area contributed by atoms with Crippen LogP contribution in [-0.4, -0.2) is 38.8 Å². The summed E-state index contributed by atoms with van der Waals surface area (Å²) < 4.78 is 10.6. The van der Waals surface area contributed by atoms with Crippen LogP contribution in [0.2, 0.25) is 0 Å². The number of carbonyl (C=O) groups excluding carboxylic acids is 1. The number of pyridine rings is 1. The molecule has 2 aromatic rings. The van der Waals surface area contributed by atoms with E-state index in [1.54, 1.807) is 11.1 Å². The van der Waals surface area contributed by atoms with Crippen LogP contribution < -0.4 is 0 Å². The van der Waals surface area contributed by atoms with Crippen LogP contribution in [0.15, 0.2) is 28.9 Å². The molecule has 22 heavy (non-hydrogen) atoms. The molecule has 116 valence electrons. The first-order valence-corrected chi connectivity index (χ1v) is 7.37. The Morgan fingerprint density at radius 2 is 2.32 bits per heavy atom. The maximum absolute atomic E-state index is 12.1. The molecule has 7 heteroatoms. The summed E-state index contributed by atoms with van der Waals surface area (Å²) >= 11 is 0. The topological polar surface area (TPSA) is 81.4 Å². The van der Waals surface area contributed by atoms with E-state index in [9.17, 15) is 4.79 Å². The van der Waals surface area contributed by atoms with E-state index in [2.05, 4.69) is 15.1 Å². The number of carbonyl (C=O) groups is 1. The molecule has 3 heterocycles. The van der Waals surface area contributed by atoms with E-state index < -0.39 is 0 Å². The molecule has 0 spiro atoms. The predicted molar refractivity (Wildman–Crippen MR) is 77.8 cm³/mol. The lowest BCUT2D eigenvalue weighted by atomic mass is 10.2. The maximum atomic E-state index is 12.1. The van der Waals surface area contributed by atoms with Gasteiger partial charge in [0.25, 0.3) is 0 Å². The molecule has 0 radical (unpaired) electrons. The normalized spacial score (nSPS) is 18.0. The second-order valence-corrected chi connectivity index (χ2v) is 5.46. The lowest BCUT2D eigenvalue weighted by molar-refractivity contribution is 0.0687. The summed E-state index contributed by atoms with van der Waals surface area (Å²) in [5.74, 6) is 0.860. The van der Waals surface area contributed by atoms with Gasteiger partial charge in [-0.3, -0.25) is 9.88 Å². The van der Waals surface area contributed by atoms with E-state index in [1.165, 1.54) is 0 Å². The Kier molecular flexibility index (Phi) is 4.04. The van der Waals surface area contributed by atoms with E-state index in [0.29, 0.717) is 24.0 Å². The monoisotopic (exact) mass is 302 g/mol. The van der Waals surface area contributed by atoms with Gasteiger partial charge in [-0.15, -0.1) is 0 Å². The molecular formula is C15H18N4O3. The smallest absolute Gasteiger partial charge is 0.410 e. The van der Waals surface area contributed by atoms with Crippen molar-refractivity contribution in [1.82, 2.24) is 20.0 Å². The van der Waals surface area contributed by atoms with Crippen molar-refractivity contribution in [1.29, 1.82) is 0 Å². The summed E-state index contributed by atoms with van der Waals surface area (Å²) in [4.78, 5) is 22.3. The molecule has 0 aromatic carbocycles. The number of aromatic nitrogens is 3. The van der Waals surface area contributed by atoms with Gasteiger partial charge >= 0.3 is 6.09 Å². The van der Waals surface area contributed by atoms with Gasteiger partial charge < -0.3 is 9.26 Å². The number of ether oxygens (including phenoxy) is 1. The van der Waals surface area contributed by atoms with Crippen LogP contribution in [0.3, 0.4) is 0 Å². The van der Waals surface area contributed by atoms with Crippen LogP contribution in [0.5, 0.6) is 0 Å². The summed E-state index contributed by atoms with van der Waals surface area (Å²) in [5.41, 5.74) is 0.645. The number of amides is 1. The van der Waals surface area contributed by atoms with E-state index in [4.69, 9.17) is 9.26 Å². The molecule has 1 aliphatic heterocycles. The van der Waals surface area contributed by atoms with Gasteiger partial charge in [0.15, 0.2) is 0 Å². The van der Waals surface area contributed by atoms with Crippen molar-refractivity contribution >= 4 is 6.09 Å². The zero-order valence-corrected chi connectivity index (χ0v) is 12.6. The summed E-state index contributed by atoms with van der Waals surface area (Å²) in [5, 5.41) is 3.96. The highest BCUT2D eigenvalue weighted by atomic mass is 16.6. The Balaban J connectivity index is 1.79. The summed E-state index contributed by atoms with van der Waals surface area (Å²) in [6, 6.07) is 5.27. The molecule has 1 fully saturated rings. The zero-order valence-electron chi connectivity index (χ0n) is 12.6. The molecule has 0 aliphatic carbocycles. The van der Waals surface area contributed by atoms with E-state index in [0.717, 1.165) is 12.8 Å². The third-order valence-electron chi connectivity index (χ3n) is 3.44. The minimum absolute atomic E-state index is 0.152. The molecule has 1 saturated heterocycles. The van der Waals surface area contributed by atoms with Crippen molar-refractivity contribution in [3.63, 3.8) is 0 Å². The van der Waals surface area contributed by atoms with Gasteiger partial charge in [0.1, 0.15) is 11.7 Å². The average Bonchev–Trinajstić information content (AvgIpc) is 3.16. The van der Waals surface area contributed by atoms with Crippen molar-refractivity contribution in [2.24, 2.45) is 0 Å². The van der Waals surface area contributed by atoms with Gasteiger partial charge in [0.05, 0.1) is 6.10 Å². The van der Waals surface area contributed by atoms with Crippen LogP contribution >= 0.6 is 0 Å². The molecule has 2 aromatic heterocycles. The fraction of sp³-hybridized carbons (Fsp3) is 0.467. The zero-order chi connectivity index (χ0) is 15.5. The van der Waals surface area contributed by atoms with Crippen LogP contribution in [0.25, 0.3) is 11.5 Å². The SMILES string of the molecule is CC(C)OC(=O)N1CCC[C@@H]1c1nc(-c2ccccn2)no1. The lowest BCUT2D eigenvalue weighted by Crippen LogP contribution is -2.32. The van der Waals surface area contributed by atoms with Gasteiger partial charge in [-0.25, -0.2) is 4.79 Å². The Morgan fingerprint density at radius 1 is 1.45 bits per heavy atom. The first-order chi connectivity index (χ1) is 10.6. The number of hydrogen-bond donors (Lipinski definition) is 0. The van der Waals surface area contributed by atoms with Crippen molar-refractivity contribution in [2.45, 2.75) is 38.8 Å². The third-order valence-corrected chi connectivity index (χ3v) is 3.44. The molecule has 1 amide bonds. The molecule has 1 atom stereocenters. The first-order valence-electron chi connectivity index (χ1n) is 7.37. The predicted octanol–water partition coefficient (Wildman–Crippen LogP) is 2.81. The Hall–Kier alpha value is -2.44. The third kappa shape index (κ3) is 2.93. The summed E-state index contributed by atoms with van der Waals surface area (Å²) in [6.45, 7) is 4.29. The Labute approximate surface area is 128 Å². The Morgan fingerprint density at radius 3 is 3.05 bits per heavy atom. The van der Waals surface area contributed by atoms with Gasteiger partial charge in [0, 0.05) is 12.7 Å². The standard InChI is InChI=1S/C15H18N4O3/c1-10(2)21-15(20)19-9-5-7-12(19)14-17-13(18-22-14)11-6-3-4-8-16-11/h3-4,6,8,10,12H,5,7,9H2,1-2H3/t12-/m1/s1. The molecule has 1 aliphatic rings. The molecule has 0 unspecified atom stereocenters. The fourth-order valence-corrected chi connectivity index (χ4v) is 2.48. The quantitative estimate of drug-likeness (QED) is 0.867.